The average molecular weight is 436 g/mol. The van der Waals surface area contributed by atoms with Crippen molar-refractivity contribution in [3.05, 3.63) is 60.2 Å². The van der Waals surface area contributed by atoms with Gasteiger partial charge in [-0.1, -0.05) is 0 Å². The van der Waals surface area contributed by atoms with Crippen molar-refractivity contribution < 1.29 is 19.3 Å². The van der Waals surface area contributed by atoms with Crippen LogP contribution < -0.4 is 24.0 Å². The summed E-state index contributed by atoms with van der Waals surface area (Å²) in [5.74, 6) is 2.11. The second kappa shape index (κ2) is 9.78. The van der Waals surface area contributed by atoms with Gasteiger partial charge in [0.25, 0.3) is 0 Å². The summed E-state index contributed by atoms with van der Waals surface area (Å²) in [6.07, 6.45) is 0. The Balaban J connectivity index is 1.61. The van der Waals surface area contributed by atoms with Crippen molar-refractivity contribution in [1.29, 1.82) is 0 Å². The number of anilines is 2. The topological polar surface area (TPSA) is 67.3 Å². The monoisotopic (exact) mass is 435 g/mol. The SMILES string of the molecule is COc1ccc(N2CCN(c3ccc(OC)nc3-c3ccc(OC)cc3CO)CC2)cc1. The van der Waals surface area contributed by atoms with Crippen molar-refractivity contribution in [2.24, 2.45) is 0 Å². The molecular formula is C25H29N3O4. The predicted molar refractivity (Wildman–Crippen MR) is 126 cm³/mol. The molecule has 0 bridgehead atoms. The number of aliphatic hydroxyl groups excluding tert-OH is 1. The number of aliphatic hydroxyl groups is 1. The van der Waals surface area contributed by atoms with Gasteiger partial charge in [0, 0.05) is 43.5 Å². The van der Waals surface area contributed by atoms with Gasteiger partial charge in [-0.3, -0.25) is 0 Å². The van der Waals surface area contributed by atoms with E-state index in [9.17, 15) is 5.11 Å². The first-order valence-electron chi connectivity index (χ1n) is 10.6. The van der Waals surface area contributed by atoms with Crippen LogP contribution in [0.2, 0.25) is 0 Å². The van der Waals surface area contributed by atoms with Gasteiger partial charge in [-0.05, 0) is 54.1 Å². The van der Waals surface area contributed by atoms with Gasteiger partial charge in [-0.25, -0.2) is 4.98 Å². The lowest BCUT2D eigenvalue weighted by atomic mass is 10.0. The molecule has 2 heterocycles. The lowest BCUT2D eigenvalue weighted by Crippen LogP contribution is -2.46. The van der Waals surface area contributed by atoms with Gasteiger partial charge < -0.3 is 29.1 Å². The average Bonchev–Trinajstić information content (AvgIpc) is 2.88. The Morgan fingerprint density at radius 2 is 1.44 bits per heavy atom. The first-order chi connectivity index (χ1) is 15.7. The minimum absolute atomic E-state index is 0.101. The van der Waals surface area contributed by atoms with E-state index in [0.717, 1.165) is 54.4 Å². The molecule has 168 valence electrons. The van der Waals surface area contributed by atoms with Gasteiger partial charge in [0.15, 0.2) is 0 Å². The Morgan fingerprint density at radius 1 is 0.781 bits per heavy atom. The number of ether oxygens (including phenoxy) is 3. The molecule has 0 unspecified atom stereocenters. The highest BCUT2D eigenvalue weighted by Gasteiger charge is 2.22. The number of pyridine rings is 1. The highest BCUT2D eigenvalue weighted by Crippen LogP contribution is 2.36. The number of hydrogen-bond acceptors (Lipinski definition) is 7. The van der Waals surface area contributed by atoms with Gasteiger partial charge in [0.1, 0.15) is 11.5 Å². The molecule has 2 aromatic carbocycles. The summed E-state index contributed by atoms with van der Waals surface area (Å²) < 4.78 is 16.0. The quantitative estimate of drug-likeness (QED) is 0.608. The fourth-order valence-corrected chi connectivity index (χ4v) is 4.06. The van der Waals surface area contributed by atoms with Crippen molar-refractivity contribution in [1.82, 2.24) is 4.98 Å². The van der Waals surface area contributed by atoms with Crippen molar-refractivity contribution in [2.75, 3.05) is 57.3 Å². The van der Waals surface area contributed by atoms with Crippen molar-refractivity contribution >= 4 is 11.4 Å². The molecule has 0 amide bonds. The van der Waals surface area contributed by atoms with Gasteiger partial charge in [-0.2, -0.15) is 0 Å². The molecule has 1 aliphatic rings. The maximum Gasteiger partial charge on any atom is 0.213 e. The van der Waals surface area contributed by atoms with Gasteiger partial charge in [0.2, 0.25) is 5.88 Å². The highest BCUT2D eigenvalue weighted by molar-refractivity contribution is 5.78. The molecule has 0 spiro atoms. The summed E-state index contributed by atoms with van der Waals surface area (Å²) in [6.45, 7) is 3.41. The van der Waals surface area contributed by atoms with Crippen LogP contribution in [-0.4, -0.2) is 57.6 Å². The molecule has 1 aromatic heterocycles. The first kappa shape index (κ1) is 21.8. The van der Waals surface area contributed by atoms with E-state index in [4.69, 9.17) is 19.2 Å². The maximum atomic E-state index is 9.98. The molecule has 1 saturated heterocycles. The van der Waals surface area contributed by atoms with Crippen LogP contribution in [0.4, 0.5) is 11.4 Å². The Bertz CT molecular complexity index is 1050. The Kier molecular flexibility index (Phi) is 6.66. The Labute approximate surface area is 188 Å². The summed E-state index contributed by atoms with van der Waals surface area (Å²) in [7, 11) is 4.91. The molecule has 1 aliphatic heterocycles. The van der Waals surface area contributed by atoms with Crippen LogP contribution in [0.15, 0.2) is 54.6 Å². The third-order valence-corrected chi connectivity index (χ3v) is 5.85. The number of benzene rings is 2. The number of rotatable bonds is 7. The summed E-state index contributed by atoms with van der Waals surface area (Å²) in [6, 6.07) is 17.8. The predicted octanol–water partition coefficient (Wildman–Crippen LogP) is 3.59. The molecule has 1 N–H and O–H groups in total. The molecule has 32 heavy (non-hydrogen) atoms. The fraction of sp³-hybridized carbons (Fsp3) is 0.320. The second-order valence-electron chi connectivity index (χ2n) is 7.57. The number of hydrogen-bond donors (Lipinski definition) is 1. The summed E-state index contributed by atoms with van der Waals surface area (Å²) >= 11 is 0. The van der Waals surface area contributed by atoms with Crippen molar-refractivity contribution in [2.45, 2.75) is 6.61 Å². The van der Waals surface area contributed by atoms with Crippen LogP contribution in [-0.2, 0) is 6.61 Å². The number of aromatic nitrogens is 1. The molecule has 1 fully saturated rings. The largest absolute Gasteiger partial charge is 0.497 e. The molecule has 0 radical (unpaired) electrons. The second-order valence-corrected chi connectivity index (χ2v) is 7.57. The van der Waals surface area contributed by atoms with E-state index in [1.54, 1.807) is 21.3 Å². The molecule has 0 aliphatic carbocycles. The summed E-state index contributed by atoms with van der Waals surface area (Å²) in [4.78, 5) is 9.47. The zero-order chi connectivity index (χ0) is 22.5. The van der Waals surface area contributed by atoms with Crippen molar-refractivity contribution in [3.63, 3.8) is 0 Å². The van der Waals surface area contributed by atoms with Gasteiger partial charge >= 0.3 is 0 Å². The molecular weight excluding hydrogens is 406 g/mol. The van der Waals surface area contributed by atoms with E-state index >= 15 is 0 Å². The first-order valence-corrected chi connectivity index (χ1v) is 10.6. The van der Waals surface area contributed by atoms with Crippen LogP contribution in [0.3, 0.4) is 0 Å². The maximum absolute atomic E-state index is 9.98. The minimum Gasteiger partial charge on any atom is -0.497 e. The van der Waals surface area contributed by atoms with E-state index in [2.05, 4.69) is 28.0 Å². The van der Waals surface area contributed by atoms with Crippen LogP contribution >= 0.6 is 0 Å². The summed E-state index contributed by atoms with van der Waals surface area (Å²) in [5.41, 5.74) is 4.66. The van der Waals surface area contributed by atoms with E-state index in [0.29, 0.717) is 11.6 Å². The van der Waals surface area contributed by atoms with Crippen LogP contribution in [0.5, 0.6) is 17.4 Å². The molecule has 3 aromatic rings. The summed E-state index contributed by atoms with van der Waals surface area (Å²) in [5, 5.41) is 9.98. The van der Waals surface area contributed by atoms with Crippen LogP contribution in [0.25, 0.3) is 11.3 Å². The number of piperazine rings is 1. The number of methoxy groups -OCH3 is 3. The lowest BCUT2D eigenvalue weighted by molar-refractivity contribution is 0.281. The number of nitrogens with zero attached hydrogens (tertiary/aromatic N) is 3. The smallest absolute Gasteiger partial charge is 0.213 e. The molecule has 0 saturated carbocycles. The van der Waals surface area contributed by atoms with E-state index in [1.807, 2.05) is 36.4 Å². The highest BCUT2D eigenvalue weighted by atomic mass is 16.5. The molecule has 0 atom stereocenters. The Morgan fingerprint density at radius 3 is 2.06 bits per heavy atom. The standard InChI is InChI=1S/C25H29N3O4/c1-30-20-6-4-19(5-7-20)27-12-14-28(15-13-27)23-10-11-24(32-3)26-25(23)22-9-8-21(31-2)16-18(22)17-29/h4-11,16,29H,12-15,17H2,1-3H3. The van der Waals surface area contributed by atoms with Gasteiger partial charge in [-0.15, -0.1) is 0 Å². The third kappa shape index (κ3) is 4.43. The van der Waals surface area contributed by atoms with E-state index in [1.165, 1.54) is 5.69 Å². The minimum atomic E-state index is -0.101. The normalized spacial score (nSPS) is 13.8. The Hall–Kier alpha value is -3.45. The lowest BCUT2D eigenvalue weighted by Gasteiger charge is -2.38. The van der Waals surface area contributed by atoms with E-state index in [-0.39, 0.29) is 6.61 Å². The van der Waals surface area contributed by atoms with Crippen molar-refractivity contribution in [3.8, 4) is 28.6 Å². The van der Waals surface area contributed by atoms with E-state index < -0.39 is 0 Å². The molecule has 4 rings (SSSR count). The molecule has 7 nitrogen and oxygen atoms in total. The zero-order valence-electron chi connectivity index (χ0n) is 18.7. The zero-order valence-corrected chi connectivity index (χ0v) is 18.7. The van der Waals surface area contributed by atoms with Gasteiger partial charge in [0.05, 0.1) is 39.3 Å². The molecule has 7 heteroatoms. The van der Waals surface area contributed by atoms with Crippen LogP contribution in [0, 0.1) is 0 Å². The van der Waals surface area contributed by atoms with Crippen LogP contribution in [0.1, 0.15) is 5.56 Å². The fourth-order valence-electron chi connectivity index (χ4n) is 4.06. The third-order valence-electron chi connectivity index (χ3n) is 5.85.